The quantitative estimate of drug-likeness (QED) is 0.605. The molecular weight excluding hydrogens is 314 g/mol. The Kier molecular flexibility index (Phi) is 3.82. The van der Waals surface area contributed by atoms with Gasteiger partial charge in [0, 0.05) is 16.7 Å². The zero-order valence-electron chi connectivity index (χ0n) is 13.1. The van der Waals surface area contributed by atoms with Crippen LogP contribution in [0.4, 0.5) is 0 Å². The molecule has 23 heavy (non-hydrogen) atoms. The molecule has 4 nitrogen and oxygen atoms in total. The van der Waals surface area contributed by atoms with Crippen LogP contribution in [-0.4, -0.2) is 19.3 Å². The number of rotatable bonds is 2. The molecule has 1 aliphatic carbocycles. The Bertz CT molecular complexity index is 651. The highest BCUT2D eigenvalue weighted by Gasteiger charge is 2.43. The Hall–Kier alpha value is -1.51. The van der Waals surface area contributed by atoms with Crippen LogP contribution in [0.3, 0.4) is 0 Å². The number of aliphatic imine (C=N–C) groups is 1. The predicted molar refractivity (Wildman–Crippen MR) is 87.4 cm³/mol. The summed E-state index contributed by atoms with van der Waals surface area (Å²) in [5.41, 5.74) is 2.69. The first-order valence-electron chi connectivity index (χ1n) is 8.49. The highest BCUT2D eigenvalue weighted by atomic mass is 35.5. The lowest BCUT2D eigenvalue weighted by Crippen LogP contribution is -2.27. The second kappa shape index (κ2) is 5.85. The molecule has 5 heteroatoms. The molecule has 0 atom stereocenters. The van der Waals surface area contributed by atoms with E-state index in [-0.39, 0.29) is 0 Å². The summed E-state index contributed by atoms with van der Waals surface area (Å²) in [6.45, 7) is 1.38. The van der Waals surface area contributed by atoms with E-state index in [1.54, 1.807) is 0 Å². The minimum Gasteiger partial charge on any atom is -0.493 e. The van der Waals surface area contributed by atoms with Gasteiger partial charge in [0.25, 0.3) is 0 Å². The van der Waals surface area contributed by atoms with Crippen LogP contribution >= 0.6 is 11.6 Å². The largest absolute Gasteiger partial charge is 0.493 e. The van der Waals surface area contributed by atoms with Crippen LogP contribution in [0.2, 0.25) is 5.02 Å². The van der Waals surface area contributed by atoms with Gasteiger partial charge >= 0.3 is 0 Å². The average Bonchev–Trinajstić information content (AvgIpc) is 3.05. The van der Waals surface area contributed by atoms with Crippen molar-refractivity contribution in [3.05, 3.63) is 21.7 Å². The van der Waals surface area contributed by atoms with Crippen molar-refractivity contribution in [3.8, 4) is 11.5 Å². The summed E-state index contributed by atoms with van der Waals surface area (Å²) in [6, 6.07) is 0. The molecule has 0 spiro atoms. The van der Waals surface area contributed by atoms with Crippen LogP contribution < -0.4 is 9.47 Å². The van der Waals surface area contributed by atoms with E-state index in [9.17, 15) is 4.79 Å². The van der Waals surface area contributed by atoms with Gasteiger partial charge in [0.1, 0.15) is 17.0 Å². The van der Waals surface area contributed by atoms with Crippen molar-refractivity contribution in [2.45, 2.75) is 56.9 Å². The van der Waals surface area contributed by atoms with Crippen LogP contribution in [0.25, 0.3) is 0 Å². The molecule has 0 aromatic heterocycles. The zero-order valence-corrected chi connectivity index (χ0v) is 13.9. The fourth-order valence-electron chi connectivity index (χ4n) is 4.35. The van der Waals surface area contributed by atoms with Crippen molar-refractivity contribution in [1.29, 1.82) is 0 Å². The van der Waals surface area contributed by atoms with E-state index >= 15 is 0 Å². The summed E-state index contributed by atoms with van der Waals surface area (Å²) in [5.74, 6) is 1.66. The van der Waals surface area contributed by atoms with Gasteiger partial charge in [-0.05, 0) is 38.5 Å². The number of hydrogen-bond donors (Lipinski definition) is 0. The standard InChI is InChI=1S/C18H20ClNO3/c19-15-13-6-4-9-22-16(13)14(12-5-3-10-23-17(12)15)18(20-11-21)7-1-2-8-18/h1-10H2. The molecule has 1 saturated carbocycles. The van der Waals surface area contributed by atoms with Crippen molar-refractivity contribution in [2.24, 2.45) is 4.99 Å². The molecule has 1 fully saturated rings. The first-order valence-corrected chi connectivity index (χ1v) is 8.87. The zero-order chi connectivity index (χ0) is 15.9. The molecule has 0 saturated heterocycles. The average molecular weight is 334 g/mol. The lowest BCUT2D eigenvalue weighted by atomic mass is 9.80. The van der Waals surface area contributed by atoms with Crippen molar-refractivity contribution < 1.29 is 14.3 Å². The molecule has 2 aliphatic heterocycles. The van der Waals surface area contributed by atoms with E-state index in [2.05, 4.69) is 4.99 Å². The SMILES string of the molecule is O=C=NC1(c2c3c(c(Cl)c4c2OCCC4)OCCC3)CCCC1. The van der Waals surface area contributed by atoms with Gasteiger partial charge in [-0.3, -0.25) is 0 Å². The summed E-state index contributed by atoms with van der Waals surface area (Å²) in [7, 11) is 0. The van der Waals surface area contributed by atoms with Gasteiger partial charge in [0.15, 0.2) is 0 Å². The lowest BCUT2D eigenvalue weighted by Gasteiger charge is -2.35. The summed E-state index contributed by atoms with van der Waals surface area (Å²) in [6.07, 6.45) is 9.39. The molecule has 0 radical (unpaired) electrons. The number of ether oxygens (including phenoxy) is 2. The van der Waals surface area contributed by atoms with E-state index in [4.69, 9.17) is 21.1 Å². The van der Waals surface area contributed by atoms with E-state index in [0.717, 1.165) is 79.6 Å². The van der Waals surface area contributed by atoms with E-state index in [1.807, 2.05) is 6.08 Å². The second-order valence-electron chi connectivity index (χ2n) is 6.65. The van der Waals surface area contributed by atoms with E-state index in [1.165, 1.54) is 0 Å². The minimum absolute atomic E-state index is 0.501. The van der Waals surface area contributed by atoms with Crippen LogP contribution in [0.5, 0.6) is 11.5 Å². The van der Waals surface area contributed by atoms with Gasteiger partial charge in [-0.1, -0.05) is 24.4 Å². The van der Waals surface area contributed by atoms with Crippen LogP contribution in [0, 0.1) is 0 Å². The molecule has 0 bridgehead atoms. The first kappa shape index (κ1) is 15.0. The molecule has 1 aromatic rings. The fourth-order valence-corrected chi connectivity index (χ4v) is 4.69. The number of carbonyl (C=O) groups excluding carboxylic acids is 1. The molecule has 122 valence electrons. The summed E-state index contributed by atoms with van der Waals surface area (Å²) in [4.78, 5) is 15.4. The highest BCUT2D eigenvalue weighted by Crippen LogP contribution is 2.54. The number of nitrogens with zero attached hydrogens (tertiary/aromatic N) is 1. The van der Waals surface area contributed by atoms with Gasteiger partial charge in [0.2, 0.25) is 6.08 Å². The third kappa shape index (κ3) is 2.28. The minimum atomic E-state index is -0.501. The molecular formula is C18H20ClNO3. The van der Waals surface area contributed by atoms with Crippen molar-refractivity contribution >= 4 is 17.7 Å². The van der Waals surface area contributed by atoms with Crippen LogP contribution in [0.1, 0.15) is 55.2 Å². The number of hydrogen-bond acceptors (Lipinski definition) is 4. The lowest BCUT2D eigenvalue weighted by molar-refractivity contribution is 0.260. The van der Waals surface area contributed by atoms with Gasteiger partial charge in [0.05, 0.1) is 18.2 Å². The Morgan fingerprint density at radius 3 is 2.30 bits per heavy atom. The number of halogens is 1. The van der Waals surface area contributed by atoms with Crippen molar-refractivity contribution in [2.75, 3.05) is 13.2 Å². The van der Waals surface area contributed by atoms with Crippen molar-refractivity contribution in [3.63, 3.8) is 0 Å². The number of isocyanates is 1. The summed E-state index contributed by atoms with van der Waals surface area (Å²) in [5, 5.41) is 0.696. The normalized spacial score (nSPS) is 21.4. The third-order valence-corrected chi connectivity index (χ3v) is 5.73. The Morgan fingerprint density at radius 2 is 1.61 bits per heavy atom. The number of benzene rings is 1. The highest BCUT2D eigenvalue weighted by molar-refractivity contribution is 6.33. The molecule has 1 aromatic carbocycles. The third-order valence-electron chi connectivity index (χ3n) is 5.33. The number of fused-ring (bicyclic) bond motifs is 2. The molecule has 0 N–H and O–H groups in total. The van der Waals surface area contributed by atoms with Crippen LogP contribution in [0.15, 0.2) is 4.99 Å². The monoisotopic (exact) mass is 333 g/mol. The smallest absolute Gasteiger partial charge is 0.235 e. The summed E-state index contributed by atoms with van der Waals surface area (Å²) < 4.78 is 12.0. The first-order chi connectivity index (χ1) is 11.3. The maximum absolute atomic E-state index is 11.2. The maximum Gasteiger partial charge on any atom is 0.235 e. The Morgan fingerprint density at radius 1 is 0.957 bits per heavy atom. The van der Waals surface area contributed by atoms with E-state index in [0.29, 0.717) is 18.2 Å². The topological polar surface area (TPSA) is 47.9 Å². The van der Waals surface area contributed by atoms with E-state index < -0.39 is 5.54 Å². The van der Waals surface area contributed by atoms with Crippen LogP contribution in [-0.2, 0) is 23.2 Å². The Balaban J connectivity index is 2.02. The van der Waals surface area contributed by atoms with Gasteiger partial charge in [-0.15, -0.1) is 0 Å². The van der Waals surface area contributed by atoms with Gasteiger partial charge < -0.3 is 9.47 Å². The molecule has 3 aliphatic rings. The molecule has 0 amide bonds. The van der Waals surface area contributed by atoms with Crippen molar-refractivity contribution in [1.82, 2.24) is 0 Å². The second-order valence-corrected chi connectivity index (χ2v) is 7.03. The molecule has 0 unspecified atom stereocenters. The Labute approximate surface area is 140 Å². The maximum atomic E-state index is 11.2. The molecule has 2 heterocycles. The van der Waals surface area contributed by atoms with Gasteiger partial charge in [-0.25, -0.2) is 4.79 Å². The molecule has 4 rings (SSSR count). The van der Waals surface area contributed by atoms with Gasteiger partial charge in [-0.2, -0.15) is 4.99 Å². The summed E-state index contributed by atoms with van der Waals surface area (Å²) >= 11 is 6.63. The fraction of sp³-hybridized carbons (Fsp3) is 0.611. The predicted octanol–water partition coefficient (Wildman–Crippen LogP) is 4.10.